The van der Waals surface area contributed by atoms with Crippen LogP contribution in [0.4, 0.5) is 5.82 Å². The van der Waals surface area contributed by atoms with E-state index in [4.69, 9.17) is 5.26 Å². The topological polar surface area (TPSA) is 61.6 Å². The normalized spacial score (nSPS) is 10.0. The van der Waals surface area contributed by atoms with Gasteiger partial charge >= 0.3 is 0 Å². The van der Waals surface area contributed by atoms with Gasteiger partial charge in [0, 0.05) is 12.6 Å². The number of hydrogen-bond acceptors (Lipinski definition) is 4. The predicted octanol–water partition coefficient (Wildman–Crippen LogP) is 2.89. The van der Waals surface area contributed by atoms with E-state index in [-0.39, 0.29) is 0 Å². The summed E-state index contributed by atoms with van der Waals surface area (Å²) in [6, 6.07) is 10.0. The van der Waals surface area contributed by atoms with Gasteiger partial charge in [-0.05, 0) is 37.5 Å². The van der Waals surface area contributed by atoms with Crippen LogP contribution < -0.4 is 5.32 Å². The van der Waals surface area contributed by atoms with Crippen molar-refractivity contribution in [1.82, 2.24) is 9.97 Å². The largest absolute Gasteiger partial charge is 0.366 e. The Hall–Kier alpha value is -2.41. The van der Waals surface area contributed by atoms with Crippen LogP contribution in [0.3, 0.4) is 0 Å². The fraction of sp³-hybridized carbons (Fsp3) is 0.267. The van der Waals surface area contributed by atoms with Crippen molar-refractivity contribution in [2.24, 2.45) is 0 Å². The van der Waals surface area contributed by atoms with Gasteiger partial charge in [0.1, 0.15) is 23.4 Å². The van der Waals surface area contributed by atoms with E-state index in [1.54, 1.807) is 13.0 Å². The van der Waals surface area contributed by atoms with Crippen LogP contribution in [0.1, 0.15) is 28.2 Å². The molecule has 0 aliphatic rings. The highest BCUT2D eigenvalue weighted by atomic mass is 15.0. The Morgan fingerprint density at radius 1 is 1.11 bits per heavy atom. The van der Waals surface area contributed by atoms with Crippen molar-refractivity contribution in [2.45, 2.75) is 27.3 Å². The fourth-order valence-electron chi connectivity index (χ4n) is 1.82. The number of hydrogen-bond donors (Lipinski definition) is 1. The van der Waals surface area contributed by atoms with Gasteiger partial charge in [-0.2, -0.15) is 5.26 Å². The Labute approximate surface area is 113 Å². The molecular formula is C15H16N4. The molecule has 0 aliphatic carbocycles. The molecule has 0 aliphatic heterocycles. The first-order valence-corrected chi connectivity index (χ1v) is 6.14. The molecule has 0 spiro atoms. The number of aryl methyl sites for hydroxylation is 3. The molecule has 1 heterocycles. The number of benzene rings is 1. The highest BCUT2D eigenvalue weighted by molar-refractivity contribution is 5.41. The molecule has 2 aromatic rings. The molecule has 0 atom stereocenters. The molecule has 2 rings (SSSR count). The lowest BCUT2D eigenvalue weighted by atomic mass is 10.1. The van der Waals surface area contributed by atoms with Gasteiger partial charge in [0.2, 0.25) is 0 Å². The average molecular weight is 252 g/mol. The molecule has 0 fully saturated rings. The molecular weight excluding hydrogens is 236 g/mol. The minimum Gasteiger partial charge on any atom is -0.366 e. The van der Waals surface area contributed by atoms with E-state index in [0.29, 0.717) is 23.9 Å². The second kappa shape index (κ2) is 5.49. The Kier molecular flexibility index (Phi) is 3.76. The molecule has 0 amide bonds. The third kappa shape index (κ3) is 3.29. The SMILES string of the molecule is Cc1nc(C#N)cc(NCc2ccc(C)c(C)c2)n1. The first-order chi connectivity index (χ1) is 9.08. The molecule has 0 saturated carbocycles. The summed E-state index contributed by atoms with van der Waals surface area (Å²) in [5, 5.41) is 12.1. The number of rotatable bonds is 3. The molecule has 4 nitrogen and oxygen atoms in total. The molecule has 19 heavy (non-hydrogen) atoms. The molecule has 0 radical (unpaired) electrons. The molecule has 1 N–H and O–H groups in total. The summed E-state index contributed by atoms with van der Waals surface area (Å²) >= 11 is 0. The zero-order valence-electron chi connectivity index (χ0n) is 11.4. The number of aromatic nitrogens is 2. The lowest BCUT2D eigenvalue weighted by Crippen LogP contribution is -2.04. The van der Waals surface area contributed by atoms with E-state index in [0.717, 1.165) is 0 Å². The second-order valence-electron chi connectivity index (χ2n) is 4.57. The maximum atomic E-state index is 8.87. The number of anilines is 1. The lowest BCUT2D eigenvalue weighted by molar-refractivity contribution is 1.01. The van der Waals surface area contributed by atoms with Gasteiger partial charge < -0.3 is 5.32 Å². The summed E-state index contributed by atoms with van der Waals surface area (Å²) in [6.07, 6.45) is 0. The van der Waals surface area contributed by atoms with Crippen molar-refractivity contribution in [3.63, 3.8) is 0 Å². The minimum absolute atomic E-state index is 0.384. The number of nitrogens with one attached hydrogen (secondary N) is 1. The van der Waals surface area contributed by atoms with Gasteiger partial charge in [-0.3, -0.25) is 0 Å². The van der Waals surface area contributed by atoms with Crippen molar-refractivity contribution < 1.29 is 0 Å². The number of nitriles is 1. The van der Waals surface area contributed by atoms with E-state index in [1.165, 1.54) is 16.7 Å². The van der Waals surface area contributed by atoms with Crippen molar-refractivity contribution in [1.29, 1.82) is 5.26 Å². The van der Waals surface area contributed by atoms with Crippen molar-refractivity contribution in [3.05, 3.63) is 52.5 Å². The van der Waals surface area contributed by atoms with Crippen LogP contribution >= 0.6 is 0 Å². The van der Waals surface area contributed by atoms with Crippen molar-refractivity contribution >= 4 is 5.82 Å². The average Bonchev–Trinajstić information content (AvgIpc) is 2.39. The standard InChI is InChI=1S/C15H16N4/c1-10-4-5-13(6-11(10)2)9-17-15-7-14(8-16)18-12(3)19-15/h4-7H,9H2,1-3H3,(H,17,18,19). The molecule has 1 aromatic carbocycles. The monoisotopic (exact) mass is 252 g/mol. The molecule has 1 aromatic heterocycles. The summed E-state index contributed by atoms with van der Waals surface area (Å²) < 4.78 is 0. The van der Waals surface area contributed by atoms with Crippen LogP contribution in [0.2, 0.25) is 0 Å². The Bertz CT molecular complexity index is 641. The Balaban J connectivity index is 2.12. The Morgan fingerprint density at radius 3 is 2.58 bits per heavy atom. The summed E-state index contributed by atoms with van der Waals surface area (Å²) in [4.78, 5) is 8.28. The van der Waals surface area contributed by atoms with Gasteiger partial charge in [0.05, 0.1) is 0 Å². The van der Waals surface area contributed by atoms with Crippen LogP contribution in [-0.4, -0.2) is 9.97 Å². The van der Waals surface area contributed by atoms with E-state index in [1.807, 2.05) is 6.07 Å². The maximum absolute atomic E-state index is 8.87. The second-order valence-corrected chi connectivity index (χ2v) is 4.57. The first-order valence-electron chi connectivity index (χ1n) is 6.14. The quantitative estimate of drug-likeness (QED) is 0.912. The van der Waals surface area contributed by atoms with Crippen LogP contribution in [0.25, 0.3) is 0 Å². The maximum Gasteiger partial charge on any atom is 0.146 e. The zero-order valence-corrected chi connectivity index (χ0v) is 11.4. The highest BCUT2D eigenvalue weighted by Gasteiger charge is 2.02. The minimum atomic E-state index is 0.384. The zero-order chi connectivity index (χ0) is 13.8. The van der Waals surface area contributed by atoms with Crippen LogP contribution in [0, 0.1) is 32.1 Å². The van der Waals surface area contributed by atoms with E-state index in [2.05, 4.69) is 47.3 Å². The first kappa shape index (κ1) is 13.0. The molecule has 96 valence electrons. The smallest absolute Gasteiger partial charge is 0.146 e. The van der Waals surface area contributed by atoms with Crippen molar-refractivity contribution in [3.8, 4) is 6.07 Å². The van der Waals surface area contributed by atoms with Gasteiger partial charge in [-0.25, -0.2) is 9.97 Å². The summed E-state index contributed by atoms with van der Waals surface area (Å²) in [6.45, 7) is 6.66. The fourth-order valence-corrected chi connectivity index (χ4v) is 1.82. The Morgan fingerprint density at radius 2 is 1.89 bits per heavy atom. The molecule has 4 heteroatoms. The van der Waals surface area contributed by atoms with Crippen LogP contribution in [-0.2, 0) is 6.54 Å². The molecule has 0 bridgehead atoms. The molecule has 0 unspecified atom stereocenters. The van der Waals surface area contributed by atoms with E-state index < -0.39 is 0 Å². The number of nitrogens with zero attached hydrogens (tertiary/aromatic N) is 3. The summed E-state index contributed by atoms with van der Waals surface area (Å²) in [7, 11) is 0. The van der Waals surface area contributed by atoms with Gasteiger partial charge in [0.15, 0.2) is 0 Å². The van der Waals surface area contributed by atoms with Crippen molar-refractivity contribution in [2.75, 3.05) is 5.32 Å². The third-order valence-electron chi connectivity index (χ3n) is 3.00. The predicted molar refractivity (Wildman–Crippen MR) is 74.7 cm³/mol. The van der Waals surface area contributed by atoms with Gasteiger partial charge in [0.25, 0.3) is 0 Å². The van der Waals surface area contributed by atoms with Gasteiger partial charge in [-0.1, -0.05) is 18.2 Å². The van der Waals surface area contributed by atoms with Crippen LogP contribution in [0.15, 0.2) is 24.3 Å². The third-order valence-corrected chi connectivity index (χ3v) is 3.00. The highest BCUT2D eigenvalue weighted by Crippen LogP contribution is 2.12. The summed E-state index contributed by atoms with van der Waals surface area (Å²) in [5.41, 5.74) is 4.14. The van der Waals surface area contributed by atoms with E-state index >= 15 is 0 Å². The summed E-state index contributed by atoms with van der Waals surface area (Å²) in [5.74, 6) is 1.28. The molecule has 0 saturated heterocycles. The van der Waals surface area contributed by atoms with E-state index in [9.17, 15) is 0 Å². The lowest BCUT2D eigenvalue weighted by Gasteiger charge is -2.08. The van der Waals surface area contributed by atoms with Crippen LogP contribution in [0.5, 0.6) is 0 Å². The van der Waals surface area contributed by atoms with Gasteiger partial charge in [-0.15, -0.1) is 0 Å².